The van der Waals surface area contributed by atoms with E-state index in [1.807, 2.05) is 11.6 Å². The van der Waals surface area contributed by atoms with Crippen LogP contribution in [0.5, 0.6) is 0 Å². The smallest absolute Gasteiger partial charge is 0.328 e. The van der Waals surface area contributed by atoms with Gasteiger partial charge in [-0.2, -0.15) is 23.5 Å². The fraction of sp³-hybridized carbons (Fsp3) is 0.756. The molecule has 0 aromatic heterocycles. The molecule has 0 aliphatic carbocycles. The van der Waals surface area contributed by atoms with E-state index in [0.717, 1.165) is 0 Å². The molecule has 0 rings (SSSR count). The molecule has 73 heavy (non-hydrogen) atoms. The molecule has 0 aliphatic rings. The summed E-state index contributed by atoms with van der Waals surface area (Å²) in [5, 5.41) is 48.1. The first-order valence-corrected chi connectivity index (χ1v) is 27.1. The molecule has 0 fully saturated rings. The Balaban J connectivity index is 6.70. The van der Waals surface area contributed by atoms with Crippen LogP contribution in [-0.2, 0) is 52.7 Å². The molecule has 0 aliphatic heterocycles. The summed E-state index contributed by atoms with van der Waals surface area (Å²) in [5.74, 6) is -10.7. The van der Waals surface area contributed by atoms with Gasteiger partial charge in [0.2, 0.25) is 53.2 Å². The Morgan fingerprint density at radius 3 is 1.32 bits per heavy atom. The fourth-order valence-corrected chi connectivity index (χ4v) is 7.88. The van der Waals surface area contributed by atoms with Gasteiger partial charge in [-0.1, -0.05) is 27.7 Å². The third-order valence-electron chi connectivity index (χ3n) is 11.1. The van der Waals surface area contributed by atoms with Crippen molar-refractivity contribution >= 4 is 88.6 Å². The van der Waals surface area contributed by atoms with Crippen molar-refractivity contribution < 1.29 is 68.1 Å². The first-order valence-electron chi connectivity index (χ1n) is 24.3. The van der Waals surface area contributed by atoms with Crippen molar-refractivity contribution in [3.63, 3.8) is 0 Å². The van der Waals surface area contributed by atoms with Gasteiger partial charge >= 0.3 is 11.9 Å². The van der Waals surface area contributed by atoms with Gasteiger partial charge in [-0.05, 0) is 113 Å². The van der Waals surface area contributed by atoms with Crippen molar-refractivity contribution in [1.29, 1.82) is 0 Å². The number of hydrogen-bond acceptors (Lipinski definition) is 17. The molecule has 418 valence electrons. The highest BCUT2D eigenvalue weighted by molar-refractivity contribution is 7.98. The molecule has 26 nitrogen and oxygen atoms in total. The highest BCUT2D eigenvalue weighted by Gasteiger charge is 2.36. The van der Waals surface area contributed by atoms with Crippen LogP contribution in [0.2, 0.25) is 0 Å². The SMILES string of the molecule is CSCC[C@@H](N)C(=O)N[C@H](CCC(N)=O)C(=O)N[C@H](CCSC)C(=O)N[C@H](CCCCN)C(=O)N[C@H](CCCCN)C(=O)N[C@@H](C(=O)N[C@@H](CC(C)C)C(=O)N[C@@H](CC(=O)O)C(=O)N[C@@H](CO)C(=O)O)C(C)C. The Bertz CT molecular complexity index is 1820. The number of aliphatic carboxylic acids is 2. The number of nitrogens with two attached hydrogens (primary N) is 4. The zero-order valence-electron chi connectivity index (χ0n) is 42.8. The molecule has 0 radical (unpaired) electrons. The van der Waals surface area contributed by atoms with Crippen molar-refractivity contribution in [3.05, 3.63) is 0 Å². The zero-order chi connectivity index (χ0) is 55.8. The molecule has 9 atom stereocenters. The number of carboxylic acid groups (broad SMARTS) is 2. The quantitative estimate of drug-likeness (QED) is 0.0265. The maximum atomic E-state index is 14.2. The largest absolute Gasteiger partial charge is 0.481 e. The molecule has 19 N–H and O–H groups in total. The van der Waals surface area contributed by atoms with Gasteiger partial charge < -0.3 is 80.8 Å². The molecular weight excluding hydrogens is 997 g/mol. The van der Waals surface area contributed by atoms with E-state index in [2.05, 4.69) is 37.2 Å². The zero-order valence-corrected chi connectivity index (χ0v) is 44.5. The normalized spacial score (nSPS) is 14.9. The lowest BCUT2D eigenvalue weighted by Crippen LogP contribution is -2.61. The van der Waals surface area contributed by atoms with Crippen LogP contribution in [0, 0.1) is 11.8 Å². The molecule has 0 heterocycles. The van der Waals surface area contributed by atoms with Gasteiger partial charge in [-0.25, -0.2) is 4.79 Å². The Morgan fingerprint density at radius 1 is 0.493 bits per heavy atom. The second-order valence-electron chi connectivity index (χ2n) is 18.2. The molecule has 0 bridgehead atoms. The second kappa shape index (κ2) is 37.4. The molecule has 0 aromatic rings. The third-order valence-corrected chi connectivity index (χ3v) is 12.4. The van der Waals surface area contributed by atoms with Crippen molar-refractivity contribution in [2.24, 2.45) is 34.8 Å². The number of rotatable bonds is 40. The number of aliphatic hydroxyl groups is 1. The number of primary amides is 1. The van der Waals surface area contributed by atoms with Crippen LogP contribution in [0.1, 0.15) is 105 Å². The van der Waals surface area contributed by atoms with Crippen molar-refractivity contribution in [1.82, 2.24) is 42.5 Å². The van der Waals surface area contributed by atoms with Gasteiger partial charge in [0.1, 0.15) is 48.3 Å². The van der Waals surface area contributed by atoms with Crippen LogP contribution in [-0.4, -0.2) is 179 Å². The Labute approximate surface area is 435 Å². The first-order chi connectivity index (χ1) is 34.4. The van der Waals surface area contributed by atoms with Crippen molar-refractivity contribution in [2.75, 3.05) is 43.7 Å². The van der Waals surface area contributed by atoms with Crippen LogP contribution in [0.3, 0.4) is 0 Å². The van der Waals surface area contributed by atoms with Crippen molar-refractivity contribution in [2.45, 2.75) is 159 Å². The average Bonchev–Trinajstić information content (AvgIpc) is 3.31. The molecule has 0 saturated heterocycles. The standard InChI is InChI=1S/C45H82N12O14S2/c1-24(2)21-31(42(67)54-32(22-35(60)61)43(68)56-33(23-58)45(70)71)55-44(69)36(25(3)4)57-41(66)28(12-8-10-18-47)52-38(63)27(11-7-9-17-46)51-40(65)30(16-20-73-6)53-39(64)29(13-14-34(49)59)50-37(62)26(48)15-19-72-5/h24-33,36,58H,7-23,46-48H2,1-6H3,(H2,49,59)(H,50,62)(H,51,65)(H,52,63)(H,53,64)(H,54,67)(H,55,69)(H,56,68)(H,57,66)(H,60,61)(H,70,71)/t26-,27-,28-,29-,30-,31+,32+,33+,36-/m1/s1. The fourth-order valence-electron chi connectivity index (χ4n) is 6.92. The molecule has 0 spiro atoms. The highest BCUT2D eigenvalue weighted by Crippen LogP contribution is 2.13. The summed E-state index contributed by atoms with van der Waals surface area (Å²) in [6.45, 7) is 6.10. The summed E-state index contributed by atoms with van der Waals surface area (Å²) >= 11 is 2.84. The van der Waals surface area contributed by atoms with Gasteiger partial charge in [0.15, 0.2) is 0 Å². The summed E-state index contributed by atoms with van der Waals surface area (Å²) in [7, 11) is 0. The van der Waals surface area contributed by atoms with E-state index in [-0.39, 0.29) is 57.5 Å². The number of carbonyl (C=O) groups is 11. The molecule has 9 amide bonds. The average molecular weight is 1080 g/mol. The van der Waals surface area contributed by atoms with E-state index in [4.69, 9.17) is 22.9 Å². The van der Waals surface area contributed by atoms with Gasteiger partial charge in [-0.15, -0.1) is 0 Å². The van der Waals surface area contributed by atoms with Crippen LogP contribution < -0.4 is 65.5 Å². The number of carboxylic acids is 2. The van der Waals surface area contributed by atoms with E-state index < -0.39 is 138 Å². The predicted octanol–water partition coefficient (Wildman–Crippen LogP) is -3.52. The van der Waals surface area contributed by atoms with E-state index in [9.17, 15) is 68.1 Å². The number of amides is 9. The number of unbranched alkanes of at least 4 members (excludes halogenated alkanes) is 2. The maximum Gasteiger partial charge on any atom is 0.328 e. The van der Waals surface area contributed by atoms with Crippen LogP contribution in [0.4, 0.5) is 0 Å². The lowest BCUT2D eigenvalue weighted by molar-refractivity contribution is -0.144. The van der Waals surface area contributed by atoms with Gasteiger partial charge in [-0.3, -0.25) is 47.9 Å². The number of carbonyl (C=O) groups excluding carboxylic acids is 9. The first kappa shape index (κ1) is 67.7. The summed E-state index contributed by atoms with van der Waals surface area (Å²) in [4.78, 5) is 144. The molecule has 0 aromatic carbocycles. The molecule has 0 unspecified atom stereocenters. The van der Waals surface area contributed by atoms with E-state index in [1.54, 1.807) is 34.0 Å². The number of aliphatic hydroxyl groups excluding tert-OH is 1. The van der Waals surface area contributed by atoms with Gasteiger partial charge in [0.05, 0.1) is 19.1 Å². The minimum absolute atomic E-state index is 0.0286. The number of thioether (sulfide) groups is 2. The Kier molecular flexibility index (Phi) is 34.7. The van der Waals surface area contributed by atoms with Gasteiger partial charge in [0, 0.05) is 6.42 Å². The van der Waals surface area contributed by atoms with Crippen LogP contribution in [0.25, 0.3) is 0 Å². The summed E-state index contributed by atoms with van der Waals surface area (Å²) in [6, 6.07) is -12.4. The van der Waals surface area contributed by atoms with Crippen LogP contribution >= 0.6 is 23.5 Å². The second-order valence-corrected chi connectivity index (χ2v) is 20.1. The highest BCUT2D eigenvalue weighted by atomic mass is 32.2. The summed E-state index contributed by atoms with van der Waals surface area (Å²) in [6.07, 6.45) is 4.19. The van der Waals surface area contributed by atoms with E-state index in [0.29, 0.717) is 43.6 Å². The van der Waals surface area contributed by atoms with Crippen LogP contribution in [0.15, 0.2) is 0 Å². The molecule has 28 heteroatoms. The molecule has 0 saturated carbocycles. The lowest BCUT2D eigenvalue weighted by Gasteiger charge is -2.29. The summed E-state index contributed by atoms with van der Waals surface area (Å²) in [5.41, 5.74) is 22.9. The van der Waals surface area contributed by atoms with Gasteiger partial charge in [0.25, 0.3) is 0 Å². The number of nitrogens with one attached hydrogen (secondary N) is 8. The van der Waals surface area contributed by atoms with E-state index >= 15 is 0 Å². The Hall–Kier alpha value is -5.29. The Morgan fingerprint density at radius 2 is 0.890 bits per heavy atom. The number of hydrogen-bond donors (Lipinski definition) is 15. The third kappa shape index (κ3) is 28.1. The lowest BCUT2D eigenvalue weighted by atomic mass is 9.98. The van der Waals surface area contributed by atoms with E-state index in [1.165, 1.54) is 23.5 Å². The summed E-state index contributed by atoms with van der Waals surface area (Å²) < 4.78 is 0. The maximum absolute atomic E-state index is 14.2. The monoisotopic (exact) mass is 1080 g/mol. The topological polar surface area (TPSA) is 449 Å². The minimum atomic E-state index is -1.82. The predicted molar refractivity (Wildman–Crippen MR) is 275 cm³/mol. The van der Waals surface area contributed by atoms with Crippen molar-refractivity contribution in [3.8, 4) is 0 Å². The molecular formula is C45H82N12O14S2. The minimum Gasteiger partial charge on any atom is -0.481 e.